The lowest BCUT2D eigenvalue weighted by Gasteiger charge is -2.30. The molecule has 0 radical (unpaired) electrons. The Kier molecular flexibility index (Phi) is 7.66. The molecule has 144 valence electrons. The highest BCUT2D eigenvalue weighted by molar-refractivity contribution is 6.70. The number of hydrogen-bond donors (Lipinski definition) is 6. The maximum absolute atomic E-state index is 10.1. The van der Waals surface area contributed by atoms with Crippen molar-refractivity contribution < 1.29 is 30.0 Å². The first-order valence-electron chi connectivity index (χ1n) is 8.09. The number of hydrogen-bond acceptors (Lipinski definition) is 8. The van der Waals surface area contributed by atoms with Crippen molar-refractivity contribution in [3.8, 4) is 5.75 Å². The Morgan fingerprint density at radius 3 is 2.16 bits per heavy atom. The van der Waals surface area contributed by atoms with Crippen LogP contribution >= 0.6 is 0 Å². The Bertz CT molecular complexity index is 554. The summed E-state index contributed by atoms with van der Waals surface area (Å²) in [5.74, 6) is 0.564. The topological polar surface area (TPSA) is 140 Å². The third-order valence-electron chi connectivity index (χ3n) is 3.64. The van der Waals surface area contributed by atoms with Crippen LogP contribution < -0.4 is 15.1 Å². The van der Waals surface area contributed by atoms with Crippen molar-refractivity contribution in [1.29, 1.82) is 0 Å². The second kappa shape index (κ2) is 8.83. The molecule has 8 nitrogen and oxygen atoms in total. The van der Waals surface area contributed by atoms with E-state index in [4.69, 9.17) is 15.3 Å². The van der Waals surface area contributed by atoms with Crippen LogP contribution in [0, 0.1) is 0 Å². The fraction of sp³-hybridized carbons (Fsp3) is 0.625. The predicted octanol–water partition coefficient (Wildman–Crippen LogP) is -0.645. The van der Waals surface area contributed by atoms with Crippen molar-refractivity contribution in [2.45, 2.75) is 44.1 Å². The molecule has 0 aliphatic rings. The molecule has 0 saturated heterocycles. The highest BCUT2D eigenvalue weighted by Gasteiger charge is 2.30. The normalized spacial score (nSPS) is 16.8. The molecule has 0 amide bonds. The van der Waals surface area contributed by atoms with Crippen molar-refractivity contribution in [2.24, 2.45) is 0 Å². The molecule has 1 aromatic carbocycles. The smallest absolute Gasteiger partial charge is 0.242 e. The quantitative estimate of drug-likeness (QED) is 0.248. The number of anilines is 2. The molecule has 0 spiro atoms. The lowest BCUT2D eigenvalue weighted by atomic mass is 10.0. The number of rotatable bonds is 9. The molecular formula is C16H30N2O6Si. The van der Waals surface area contributed by atoms with Crippen LogP contribution in [0.1, 0.15) is 0 Å². The summed E-state index contributed by atoms with van der Waals surface area (Å²) in [5, 5.41) is 47.8. The van der Waals surface area contributed by atoms with Crippen molar-refractivity contribution in [3.63, 3.8) is 0 Å². The maximum atomic E-state index is 10.1. The largest absolute Gasteiger partial charge is 0.543 e. The third kappa shape index (κ3) is 6.46. The van der Waals surface area contributed by atoms with E-state index < -0.39 is 39.3 Å². The van der Waals surface area contributed by atoms with Crippen LogP contribution in [0.5, 0.6) is 5.75 Å². The van der Waals surface area contributed by atoms with Gasteiger partial charge in [-0.1, -0.05) is 0 Å². The van der Waals surface area contributed by atoms with Gasteiger partial charge in [0.05, 0.1) is 18.4 Å². The zero-order valence-electron chi connectivity index (χ0n) is 15.1. The van der Waals surface area contributed by atoms with Gasteiger partial charge in [0.25, 0.3) is 0 Å². The molecule has 1 aromatic rings. The molecule has 0 fully saturated rings. The number of nitrogens with two attached hydrogens (primary N) is 1. The van der Waals surface area contributed by atoms with Crippen molar-refractivity contribution in [1.82, 2.24) is 0 Å². The Morgan fingerprint density at radius 2 is 1.64 bits per heavy atom. The number of benzene rings is 1. The number of aliphatic hydroxyl groups is 5. The van der Waals surface area contributed by atoms with E-state index in [9.17, 15) is 20.4 Å². The summed E-state index contributed by atoms with van der Waals surface area (Å²) in [5.41, 5.74) is 7.17. The average molecular weight is 375 g/mol. The summed E-state index contributed by atoms with van der Waals surface area (Å²) in [4.78, 5) is 1.67. The van der Waals surface area contributed by atoms with Crippen molar-refractivity contribution in [2.75, 3.05) is 30.8 Å². The monoisotopic (exact) mass is 374 g/mol. The predicted molar refractivity (Wildman–Crippen MR) is 99.2 cm³/mol. The van der Waals surface area contributed by atoms with Gasteiger partial charge in [-0.15, -0.1) is 0 Å². The molecule has 4 unspecified atom stereocenters. The second-order valence-electron chi connectivity index (χ2n) is 7.12. The zero-order chi connectivity index (χ0) is 19.4. The van der Waals surface area contributed by atoms with E-state index in [1.54, 1.807) is 30.1 Å². The summed E-state index contributed by atoms with van der Waals surface area (Å²) in [6.45, 7) is 5.40. The van der Waals surface area contributed by atoms with Crippen LogP contribution in [0.25, 0.3) is 0 Å². The molecule has 0 bridgehead atoms. The molecule has 7 N–H and O–H groups in total. The fourth-order valence-electron chi connectivity index (χ4n) is 2.24. The minimum Gasteiger partial charge on any atom is -0.543 e. The van der Waals surface area contributed by atoms with Gasteiger partial charge in [-0.05, 0) is 31.8 Å². The first kappa shape index (κ1) is 21.7. The van der Waals surface area contributed by atoms with Gasteiger partial charge in [-0.3, -0.25) is 0 Å². The summed E-state index contributed by atoms with van der Waals surface area (Å²) in [7, 11) is -0.138. The van der Waals surface area contributed by atoms with Crippen LogP contribution in [0.4, 0.5) is 11.4 Å². The van der Waals surface area contributed by atoms with E-state index in [1.807, 2.05) is 19.6 Å². The van der Waals surface area contributed by atoms with Gasteiger partial charge in [0, 0.05) is 25.3 Å². The Labute approximate surface area is 149 Å². The van der Waals surface area contributed by atoms with Gasteiger partial charge < -0.3 is 40.6 Å². The zero-order valence-corrected chi connectivity index (χ0v) is 16.1. The lowest BCUT2D eigenvalue weighted by Crippen LogP contribution is -2.49. The highest BCUT2D eigenvalue weighted by Crippen LogP contribution is 2.29. The Morgan fingerprint density at radius 1 is 1.08 bits per heavy atom. The minimum absolute atomic E-state index is 0.00726. The summed E-state index contributed by atoms with van der Waals surface area (Å²) >= 11 is 0. The fourth-order valence-corrected chi connectivity index (χ4v) is 3.07. The number of nitrogen functional groups attached to an aromatic ring is 1. The minimum atomic E-state index is -1.84. The van der Waals surface area contributed by atoms with Crippen LogP contribution in [0.3, 0.4) is 0 Å². The molecular weight excluding hydrogens is 344 g/mol. The van der Waals surface area contributed by atoms with Crippen LogP contribution in [0.15, 0.2) is 18.2 Å². The van der Waals surface area contributed by atoms with Gasteiger partial charge in [0.15, 0.2) is 0 Å². The van der Waals surface area contributed by atoms with Gasteiger partial charge in [0.2, 0.25) is 8.32 Å². The first-order chi connectivity index (χ1) is 11.5. The van der Waals surface area contributed by atoms with Gasteiger partial charge in [0.1, 0.15) is 24.1 Å². The van der Waals surface area contributed by atoms with Gasteiger partial charge in [-0.25, -0.2) is 0 Å². The summed E-state index contributed by atoms with van der Waals surface area (Å²) < 4.78 is 5.93. The summed E-state index contributed by atoms with van der Waals surface area (Å²) in [6, 6.07) is 5.21. The van der Waals surface area contributed by atoms with Crippen LogP contribution in [0.2, 0.25) is 19.6 Å². The number of aliphatic hydroxyl groups excluding tert-OH is 5. The van der Waals surface area contributed by atoms with E-state index in [0.29, 0.717) is 17.1 Å². The van der Waals surface area contributed by atoms with E-state index in [-0.39, 0.29) is 6.54 Å². The third-order valence-corrected chi connectivity index (χ3v) is 4.47. The van der Waals surface area contributed by atoms with Gasteiger partial charge in [-0.2, -0.15) is 0 Å². The number of likely N-dealkylation sites (N-methyl/N-ethyl adjacent to an activating group) is 1. The Hall–Kier alpha value is -1.36. The molecule has 1 rings (SSSR count). The summed E-state index contributed by atoms with van der Waals surface area (Å²) in [6.07, 6.45) is -6.11. The van der Waals surface area contributed by atoms with Crippen molar-refractivity contribution >= 4 is 19.7 Å². The van der Waals surface area contributed by atoms with E-state index >= 15 is 0 Å². The SMILES string of the molecule is CN(CC(O)C(O)C(O)C(O)CO)c1ccc(N)c(O[Si](C)(C)C)c1. The van der Waals surface area contributed by atoms with Crippen LogP contribution in [-0.4, -0.2) is 78.5 Å². The molecule has 0 aliphatic heterocycles. The molecule has 0 aliphatic carbocycles. The molecule has 0 heterocycles. The van der Waals surface area contributed by atoms with Crippen LogP contribution in [-0.2, 0) is 0 Å². The van der Waals surface area contributed by atoms with E-state index in [1.165, 1.54) is 0 Å². The standard InChI is InChI=1S/C16H30N2O6Si/c1-18(8-12(20)15(22)16(23)13(21)9-19)10-5-6-11(17)14(7-10)24-25(2,3)4/h5-7,12-13,15-16,19-23H,8-9,17H2,1-4H3. The molecule has 25 heavy (non-hydrogen) atoms. The Balaban J connectivity index is 2.83. The number of nitrogens with zero attached hydrogens (tertiary/aromatic N) is 1. The molecule has 9 heteroatoms. The average Bonchev–Trinajstić information content (AvgIpc) is 2.53. The molecule has 0 aromatic heterocycles. The first-order valence-corrected chi connectivity index (χ1v) is 11.5. The van der Waals surface area contributed by atoms with Gasteiger partial charge >= 0.3 is 0 Å². The lowest BCUT2D eigenvalue weighted by molar-refractivity contribution is -0.112. The molecule has 0 saturated carbocycles. The van der Waals surface area contributed by atoms with E-state index in [2.05, 4.69) is 0 Å². The highest BCUT2D eigenvalue weighted by atomic mass is 28.4. The maximum Gasteiger partial charge on any atom is 0.242 e. The van der Waals surface area contributed by atoms with Crippen molar-refractivity contribution in [3.05, 3.63) is 18.2 Å². The van der Waals surface area contributed by atoms with E-state index in [0.717, 1.165) is 0 Å². The second-order valence-corrected chi connectivity index (χ2v) is 11.5. The molecule has 4 atom stereocenters.